The molecule has 2 N–H and O–H groups in total. The molecule has 0 aliphatic carbocycles. The van der Waals surface area contributed by atoms with Crippen molar-refractivity contribution in [3.63, 3.8) is 0 Å². The number of nitrogens with zero attached hydrogens (tertiary/aromatic N) is 1. The zero-order valence-electron chi connectivity index (χ0n) is 12.4. The molecular weight excluding hydrogens is 220 g/mol. The summed E-state index contributed by atoms with van der Waals surface area (Å²) in [5.74, 6) is 0.733. The van der Waals surface area contributed by atoms with Gasteiger partial charge in [-0.1, -0.05) is 38.0 Å². The van der Waals surface area contributed by atoms with Gasteiger partial charge in [0.2, 0.25) is 0 Å². The zero-order valence-corrected chi connectivity index (χ0v) is 12.4. The first-order valence-electron chi connectivity index (χ1n) is 7.16. The Morgan fingerprint density at radius 3 is 2.56 bits per heavy atom. The molecule has 0 saturated carbocycles. The third kappa shape index (κ3) is 4.02. The summed E-state index contributed by atoms with van der Waals surface area (Å²) in [7, 11) is 0. The minimum Gasteiger partial charge on any atom is -0.371 e. The molecule has 0 saturated heterocycles. The Kier molecular flexibility index (Phi) is 6.20. The van der Waals surface area contributed by atoms with Crippen LogP contribution in [-0.2, 0) is 6.42 Å². The Morgan fingerprint density at radius 2 is 2.00 bits per heavy atom. The molecule has 0 aliphatic rings. The first kappa shape index (κ1) is 15.0. The van der Waals surface area contributed by atoms with Crippen molar-refractivity contribution in [3.8, 4) is 0 Å². The van der Waals surface area contributed by atoms with Crippen molar-refractivity contribution >= 4 is 5.69 Å². The zero-order chi connectivity index (χ0) is 13.5. The summed E-state index contributed by atoms with van der Waals surface area (Å²) in [6, 6.07) is 6.74. The van der Waals surface area contributed by atoms with Crippen LogP contribution in [0.2, 0.25) is 0 Å². The number of hydrogen-bond donors (Lipinski definition) is 1. The van der Waals surface area contributed by atoms with Crippen LogP contribution in [0.5, 0.6) is 0 Å². The SMILES string of the molecule is CCC(C)CN(CC)c1ccc(C)cc1CCN. The summed E-state index contributed by atoms with van der Waals surface area (Å²) >= 11 is 0. The monoisotopic (exact) mass is 248 g/mol. The summed E-state index contributed by atoms with van der Waals surface area (Å²) in [5.41, 5.74) is 9.81. The summed E-state index contributed by atoms with van der Waals surface area (Å²) in [4.78, 5) is 2.48. The predicted molar refractivity (Wildman–Crippen MR) is 81.3 cm³/mol. The van der Waals surface area contributed by atoms with E-state index in [-0.39, 0.29) is 0 Å². The lowest BCUT2D eigenvalue weighted by atomic mass is 10.0. The highest BCUT2D eigenvalue weighted by atomic mass is 15.1. The van der Waals surface area contributed by atoms with Crippen LogP contribution in [0, 0.1) is 12.8 Å². The van der Waals surface area contributed by atoms with E-state index >= 15 is 0 Å². The molecule has 0 radical (unpaired) electrons. The standard InChI is InChI=1S/C16H28N2/c1-5-13(3)12-18(6-2)16-8-7-14(4)11-15(16)9-10-17/h7-8,11,13H,5-6,9-10,12,17H2,1-4H3. The van der Waals surface area contributed by atoms with Crippen LogP contribution in [0.3, 0.4) is 0 Å². The summed E-state index contributed by atoms with van der Waals surface area (Å²) in [5, 5.41) is 0. The van der Waals surface area contributed by atoms with E-state index in [1.54, 1.807) is 0 Å². The van der Waals surface area contributed by atoms with E-state index < -0.39 is 0 Å². The minimum absolute atomic E-state index is 0.720. The van der Waals surface area contributed by atoms with Gasteiger partial charge in [-0.3, -0.25) is 0 Å². The van der Waals surface area contributed by atoms with Crippen molar-refractivity contribution in [2.75, 3.05) is 24.5 Å². The second-order valence-corrected chi connectivity index (χ2v) is 5.22. The number of nitrogens with two attached hydrogens (primary N) is 1. The molecule has 2 heteroatoms. The van der Waals surface area contributed by atoms with Gasteiger partial charge in [0.25, 0.3) is 0 Å². The first-order valence-corrected chi connectivity index (χ1v) is 7.16. The van der Waals surface area contributed by atoms with Crippen molar-refractivity contribution in [3.05, 3.63) is 29.3 Å². The number of anilines is 1. The van der Waals surface area contributed by atoms with E-state index in [2.05, 4.69) is 50.8 Å². The molecule has 0 amide bonds. The lowest BCUT2D eigenvalue weighted by Gasteiger charge is -2.28. The van der Waals surface area contributed by atoms with Crippen LogP contribution in [-0.4, -0.2) is 19.6 Å². The number of hydrogen-bond acceptors (Lipinski definition) is 2. The maximum absolute atomic E-state index is 5.73. The average Bonchev–Trinajstić information content (AvgIpc) is 2.37. The Balaban J connectivity index is 2.96. The van der Waals surface area contributed by atoms with Gasteiger partial charge in [0.15, 0.2) is 0 Å². The molecule has 2 nitrogen and oxygen atoms in total. The van der Waals surface area contributed by atoms with E-state index in [1.807, 2.05) is 0 Å². The summed E-state index contributed by atoms with van der Waals surface area (Å²) < 4.78 is 0. The largest absolute Gasteiger partial charge is 0.371 e. The van der Waals surface area contributed by atoms with E-state index in [0.717, 1.165) is 32.0 Å². The lowest BCUT2D eigenvalue weighted by molar-refractivity contribution is 0.547. The Bertz CT molecular complexity index is 360. The normalized spacial score (nSPS) is 12.5. The Morgan fingerprint density at radius 1 is 1.28 bits per heavy atom. The maximum Gasteiger partial charge on any atom is 0.0399 e. The van der Waals surface area contributed by atoms with Gasteiger partial charge < -0.3 is 10.6 Å². The molecule has 1 atom stereocenters. The van der Waals surface area contributed by atoms with Gasteiger partial charge in [0.05, 0.1) is 0 Å². The summed E-state index contributed by atoms with van der Waals surface area (Å²) in [6.07, 6.45) is 2.20. The molecule has 0 heterocycles. The molecule has 1 rings (SSSR count). The van der Waals surface area contributed by atoms with E-state index in [1.165, 1.54) is 23.2 Å². The fraction of sp³-hybridized carbons (Fsp3) is 0.625. The lowest BCUT2D eigenvalue weighted by Crippen LogP contribution is -2.29. The highest BCUT2D eigenvalue weighted by Crippen LogP contribution is 2.23. The topological polar surface area (TPSA) is 29.3 Å². The molecule has 1 aromatic carbocycles. The smallest absolute Gasteiger partial charge is 0.0399 e. The Hall–Kier alpha value is -1.02. The second-order valence-electron chi connectivity index (χ2n) is 5.22. The molecule has 0 aliphatic heterocycles. The van der Waals surface area contributed by atoms with Crippen LogP contribution >= 0.6 is 0 Å². The van der Waals surface area contributed by atoms with Gasteiger partial charge in [-0.15, -0.1) is 0 Å². The van der Waals surface area contributed by atoms with Crippen molar-refractivity contribution in [2.24, 2.45) is 11.7 Å². The highest BCUT2D eigenvalue weighted by Gasteiger charge is 2.12. The molecule has 18 heavy (non-hydrogen) atoms. The average molecular weight is 248 g/mol. The fourth-order valence-electron chi connectivity index (χ4n) is 2.28. The third-order valence-corrected chi connectivity index (χ3v) is 3.60. The molecular formula is C16H28N2. The number of rotatable bonds is 7. The van der Waals surface area contributed by atoms with Crippen molar-refractivity contribution in [1.82, 2.24) is 0 Å². The van der Waals surface area contributed by atoms with E-state index in [9.17, 15) is 0 Å². The van der Waals surface area contributed by atoms with Crippen molar-refractivity contribution in [2.45, 2.75) is 40.5 Å². The quantitative estimate of drug-likeness (QED) is 0.801. The molecule has 0 aromatic heterocycles. The van der Waals surface area contributed by atoms with Gasteiger partial charge in [-0.05, 0) is 44.4 Å². The summed E-state index contributed by atoms with van der Waals surface area (Å²) in [6.45, 7) is 11.9. The van der Waals surface area contributed by atoms with Crippen LogP contribution in [0.4, 0.5) is 5.69 Å². The van der Waals surface area contributed by atoms with Crippen molar-refractivity contribution in [1.29, 1.82) is 0 Å². The van der Waals surface area contributed by atoms with E-state index in [0.29, 0.717) is 0 Å². The van der Waals surface area contributed by atoms with Gasteiger partial charge in [-0.25, -0.2) is 0 Å². The van der Waals surface area contributed by atoms with Gasteiger partial charge >= 0.3 is 0 Å². The second kappa shape index (κ2) is 7.42. The maximum atomic E-state index is 5.73. The predicted octanol–water partition coefficient (Wildman–Crippen LogP) is 3.37. The molecule has 0 spiro atoms. The third-order valence-electron chi connectivity index (χ3n) is 3.60. The molecule has 0 fully saturated rings. The minimum atomic E-state index is 0.720. The van der Waals surface area contributed by atoms with Gasteiger partial charge in [0.1, 0.15) is 0 Å². The van der Waals surface area contributed by atoms with Crippen LogP contribution in [0.25, 0.3) is 0 Å². The van der Waals surface area contributed by atoms with Crippen LogP contribution < -0.4 is 10.6 Å². The van der Waals surface area contributed by atoms with Crippen molar-refractivity contribution < 1.29 is 0 Å². The highest BCUT2D eigenvalue weighted by molar-refractivity contribution is 5.55. The van der Waals surface area contributed by atoms with Gasteiger partial charge in [-0.2, -0.15) is 0 Å². The molecule has 1 unspecified atom stereocenters. The number of benzene rings is 1. The first-order chi connectivity index (χ1) is 8.62. The van der Waals surface area contributed by atoms with E-state index in [4.69, 9.17) is 5.73 Å². The number of aryl methyl sites for hydroxylation is 1. The molecule has 1 aromatic rings. The van der Waals surface area contributed by atoms with Gasteiger partial charge in [0, 0.05) is 18.8 Å². The van der Waals surface area contributed by atoms with Crippen LogP contribution in [0.15, 0.2) is 18.2 Å². The Labute approximate surface area is 112 Å². The molecule has 102 valence electrons. The van der Waals surface area contributed by atoms with Crippen LogP contribution in [0.1, 0.15) is 38.3 Å². The molecule has 0 bridgehead atoms. The fourth-order valence-corrected chi connectivity index (χ4v) is 2.28.